The van der Waals surface area contributed by atoms with Crippen molar-refractivity contribution in [1.29, 1.82) is 0 Å². The molecule has 3 N–H and O–H groups in total. The maximum Gasteiger partial charge on any atom is 0.407 e. The maximum absolute atomic E-state index is 14.0. The van der Waals surface area contributed by atoms with E-state index in [1.807, 2.05) is 0 Å². The molecule has 1 atom stereocenters. The number of aliphatic imine (C=N–C) groups is 1. The summed E-state index contributed by atoms with van der Waals surface area (Å²) in [5.74, 6) is -1.61. The van der Waals surface area contributed by atoms with E-state index >= 15 is 0 Å². The standard InChI is InChI=1S/C12H11F3N4O4/c13-8-2-1-6(19(22)23)3-7(8)12(10(14)15)5-18(11(20)21)4-9(16)17-12/h1-3,10H,4-5H2,(H2,16,17)(H,20,21). The van der Waals surface area contributed by atoms with Gasteiger partial charge in [0, 0.05) is 17.7 Å². The highest BCUT2D eigenvalue weighted by atomic mass is 19.3. The highest BCUT2D eigenvalue weighted by molar-refractivity contribution is 5.87. The van der Waals surface area contributed by atoms with Crippen LogP contribution >= 0.6 is 0 Å². The van der Waals surface area contributed by atoms with Gasteiger partial charge in [-0.25, -0.2) is 18.0 Å². The number of alkyl halides is 2. The molecule has 1 unspecified atom stereocenters. The van der Waals surface area contributed by atoms with E-state index in [0.717, 1.165) is 6.07 Å². The molecule has 8 nitrogen and oxygen atoms in total. The molecule has 1 heterocycles. The number of nitrogens with zero attached hydrogens (tertiary/aromatic N) is 3. The van der Waals surface area contributed by atoms with E-state index in [9.17, 15) is 28.1 Å². The number of nitrogens with two attached hydrogens (primary N) is 1. The van der Waals surface area contributed by atoms with Gasteiger partial charge in [-0.15, -0.1) is 0 Å². The molecule has 23 heavy (non-hydrogen) atoms. The Labute approximate surface area is 127 Å². The third-order valence-electron chi connectivity index (χ3n) is 3.39. The van der Waals surface area contributed by atoms with E-state index in [-0.39, 0.29) is 0 Å². The van der Waals surface area contributed by atoms with Crippen LogP contribution in [0.1, 0.15) is 5.56 Å². The number of hydrogen-bond donors (Lipinski definition) is 2. The van der Waals surface area contributed by atoms with Crippen molar-refractivity contribution in [2.45, 2.75) is 12.0 Å². The van der Waals surface area contributed by atoms with Gasteiger partial charge in [0.05, 0.1) is 18.0 Å². The molecule has 2 rings (SSSR count). The summed E-state index contributed by atoms with van der Waals surface area (Å²) in [5.41, 5.74) is 1.37. The van der Waals surface area contributed by atoms with Gasteiger partial charge in [-0.05, 0) is 6.07 Å². The van der Waals surface area contributed by atoms with Crippen molar-refractivity contribution in [3.63, 3.8) is 0 Å². The Morgan fingerprint density at radius 2 is 2.17 bits per heavy atom. The number of rotatable bonds is 3. The predicted molar refractivity (Wildman–Crippen MR) is 72.0 cm³/mol. The zero-order valence-electron chi connectivity index (χ0n) is 11.4. The Bertz CT molecular complexity index is 697. The molecule has 124 valence electrons. The molecule has 1 aliphatic rings. The van der Waals surface area contributed by atoms with Gasteiger partial charge in [-0.3, -0.25) is 20.0 Å². The Kier molecular flexibility index (Phi) is 4.12. The Morgan fingerprint density at radius 3 is 2.70 bits per heavy atom. The zero-order chi connectivity index (χ0) is 17.4. The van der Waals surface area contributed by atoms with Crippen LogP contribution in [-0.4, -0.2) is 46.4 Å². The number of nitro groups is 1. The number of nitro benzene ring substituents is 1. The first-order chi connectivity index (χ1) is 10.7. The summed E-state index contributed by atoms with van der Waals surface area (Å²) in [6.07, 6.45) is -4.88. The van der Waals surface area contributed by atoms with Crippen LogP contribution in [0.5, 0.6) is 0 Å². The van der Waals surface area contributed by atoms with Gasteiger partial charge in [0.1, 0.15) is 11.7 Å². The van der Waals surface area contributed by atoms with E-state index < -0.39 is 59.0 Å². The summed E-state index contributed by atoms with van der Waals surface area (Å²) in [6.45, 7) is -1.29. The van der Waals surface area contributed by atoms with Gasteiger partial charge >= 0.3 is 6.09 Å². The van der Waals surface area contributed by atoms with Gasteiger partial charge in [0.15, 0.2) is 5.54 Å². The largest absolute Gasteiger partial charge is 0.465 e. The number of amides is 1. The molecule has 0 saturated heterocycles. The molecule has 0 bridgehead atoms. The molecule has 1 amide bonds. The highest BCUT2D eigenvalue weighted by Gasteiger charge is 2.49. The van der Waals surface area contributed by atoms with Crippen molar-refractivity contribution < 1.29 is 28.0 Å². The van der Waals surface area contributed by atoms with Crippen molar-refractivity contribution in [3.05, 3.63) is 39.7 Å². The minimum absolute atomic E-state index is 0.416. The lowest BCUT2D eigenvalue weighted by atomic mass is 9.88. The predicted octanol–water partition coefficient (Wildman–Crippen LogP) is 1.55. The molecule has 1 aliphatic heterocycles. The summed E-state index contributed by atoms with van der Waals surface area (Å²) >= 11 is 0. The average Bonchev–Trinajstić information content (AvgIpc) is 2.46. The third-order valence-corrected chi connectivity index (χ3v) is 3.39. The normalized spacial score (nSPS) is 21.2. The molecule has 0 spiro atoms. The average molecular weight is 332 g/mol. The lowest BCUT2D eigenvalue weighted by Gasteiger charge is -2.38. The van der Waals surface area contributed by atoms with Crippen LogP contribution in [0.4, 0.5) is 23.7 Å². The van der Waals surface area contributed by atoms with Crippen molar-refractivity contribution in [2.75, 3.05) is 13.1 Å². The minimum atomic E-state index is -3.33. The second kappa shape index (κ2) is 5.74. The molecule has 0 radical (unpaired) electrons. The van der Waals surface area contributed by atoms with Crippen molar-refractivity contribution in [3.8, 4) is 0 Å². The second-order valence-electron chi connectivity index (χ2n) is 4.89. The van der Waals surface area contributed by atoms with Gasteiger partial charge in [-0.1, -0.05) is 0 Å². The molecule has 11 heteroatoms. The first-order valence-electron chi connectivity index (χ1n) is 6.22. The maximum atomic E-state index is 14.0. The topological polar surface area (TPSA) is 122 Å². The minimum Gasteiger partial charge on any atom is -0.465 e. The molecular formula is C12H11F3N4O4. The third kappa shape index (κ3) is 2.89. The summed E-state index contributed by atoms with van der Waals surface area (Å²) in [4.78, 5) is 25.1. The Morgan fingerprint density at radius 1 is 1.52 bits per heavy atom. The summed E-state index contributed by atoms with van der Waals surface area (Å²) in [6, 6.07) is 2.08. The van der Waals surface area contributed by atoms with Crippen LogP contribution in [0.15, 0.2) is 23.2 Å². The number of carboxylic acid groups (broad SMARTS) is 1. The summed E-state index contributed by atoms with van der Waals surface area (Å²) in [7, 11) is 0. The van der Waals surface area contributed by atoms with Crippen LogP contribution < -0.4 is 5.73 Å². The molecule has 1 aromatic carbocycles. The van der Waals surface area contributed by atoms with E-state index in [0.29, 0.717) is 17.0 Å². The molecule has 0 saturated carbocycles. The fourth-order valence-electron chi connectivity index (χ4n) is 2.34. The fraction of sp³-hybridized carbons (Fsp3) is 0.333. The SMILES string of the molecule is NC1=NC(c2cc([N+](=O)[O-])ccc2F)(C(F)F)CN(C(=O)O)C1. The van der Waals surface area contributed by atoms with Crippen LogP contribution in [0.3, 0.4) is 0 Å². The van der Waals surface area contributed by atoms with Crippen molar-refractivity contribution >= 4 is 17.6 Å². The van der Waals surface area contributed by atoms with Gasteiger partial charge in [0.25, 0.3) is 12.1 Å². The monoisotopic (exact) mass is 332 g/mol. The van der Waals surface area contributed by atoms with Gasteiger partial charge in [-0.2, -0.15) is 0 Å². The van der Waals surface area contributed by atoms with E-state index in [2.05, 4.69) is 4.99 Å². The number of non-ortho nitro benzene ring substituents is 1. The molecule has 0 aliphatic carbocycles. The summed E-state index contributed by atoms with van der Waals surface area (Å²) < 4.78 is 41.4. The number of amidine groups is 1. The van der Waals surface area contributed by atoms with E-state index in [4.69, 9.17) is 10.8 Å². The van der Waals surface area contributed by atoms with Crippen molar-refractivity contribution in [2.24, 2.45) is 10.7 Å². The second-order valence-corrected chi connectivity index (χ2v) is 4.89. The number of hydrogen-bond acceptors (Lipinski definition) is 5. The molecule has 0 fully saturated rings. The first-order valence-corrected chi connectivity index (χ1v) is 6.22. The summed E-state index contributed by atoms with van der Waals surface area (Å²) in [5, 5.41) is 19.8. The smallest absolute Gasteiger partial charge is 0.407 e. The van der Waals surface area contributed by atoms with Gasteiger partial charge in [0.2, 0.25) is 0 Å². The van der Waals surface area contributed by atoms with E-state index in [1.54, 1.807) is 0 Å². The van der Waals surface area contributed by atoms with Gasteiger partial charge < -0.3 is 10.8 Å². The molecular weight excluding hydrogens is 321 g/mol. The Balaban J connectivity index is 2.67. The molecule has 1 aromatic rings. The number of benzene rings is 1. The lowest BCUT2D eigenvalue weighted by Crippen LogP contribution is -2.54. The van der Waals surface area contributed by atoms with Crippen LogP contribution in [0.25, 0.3) is 0 Å². The highest BCUT2D eigenvalue weighted by Crippen LogP contribution is 2.38. The van der Waals surface area contributed by atoms with E-state index in [1.165, 1.54) is 0 Å². The van der Waals surface area contributed by atoms with Crippen LogP contribution in [-0.2, 0) is 5.54 Å². The quantitative estimate of drug-likeness (QED) is 0.642. The number of carbonyl (C=O) groups is 1. The van der Waals surface area contributed by atoms with Crippen LogP contribution in [0, 0.1) is 15.9 Å². The fourth-order valence-corrected chi connectivity index (χ4v) is 2.34. The zero-order valence-corrected chi connectivity index (χ0v) is 11.4. The lowest BCUT2D eigenvalue weighted by molar-refractivity contribution is -0.385. The number of halogens is 3. The molecule has 0 aromatic heterocycles. The Hall–Kier alpha value is -2.85. The van der Waals surface area contributed by atoms with Crippen LogP contribution in [0.2, 0.25) is 0 Å². The van der Waals surface area contributed by atoms with Crippen molar-refractivity contribution in [1.82, 2.24) is 4.90 Å². The first kappa shape index (κ1) is 16.5.